The van der Waals surface area contributed by atoms with E-state index in [1.165, 1.54) is 32.1 Å². The van der Waals surface area contributed by atoms with Gasteiger partial charge in [-0.1, -0.05) is 6.42 Å². The van der Waals surface area contributed by atoms with Crippen LogP contribution in [0.3, 0.4) is 0 Å². The number of hydrogen-bond acceptors (Lipinski definition) is 2. The molecule has 2 saturated heterocycles. The van der Waals surface area contributed by atoms with Crippen LogP contribution in [0.25, 0.3) is 0 Å². The highest BCUT2D eigenvalue weighted by Gasteiger charge is 2.35. The van der Waals surface area contributed by atoms with Gasteiger partial charge in [0.15, 0.2) is 0 Å². The summed E-state index contributed by atoms with van der Waals surface area (Å²) in [6.07, 6.45) is 14.2. The molecule has 0 saturated carbocycles. The maximum atomic E-state index is 5.26. The Labute approximate surface area is 99.8 Å². The number of piperidine rings is 2. The number of unbranched alkanes of at least 4 members (excludes halogenated alkanes) is 1. The van der Waals surface area contributed by atoms with Crippen LogP contribution in [0, 0.1) is 12.3 Å². The lowest BCUT2D eigenvalue weighted by molar-refractivity contribution is 0.0487. The lowest BCUT2D eigenvalue weighted by Gasteiger charge is -2.47. The molecule has 2 nitrogen and oxygen atoms in total. The lowest BCUT2D eigenvalue weighted by Crippen LogP contribution is -2.54. The largest absolute Gasteiger partial charge is 0.314 e. The zero-order chi connectivity index (χ0) is 11.4. The fourth-order valence-corrected chi connectivity index (χ4v) is 3.28. The van der Waals surface area contributed by atoms with Gasteiger partial charge in [0.2, 0.25) is 0 Å². The Kier molecular flexibility index (Phi) is 4.26. The van der Waals surface area contributed by atoms with E-state index in [0.717, 1.165) is 37.5 Å². The Balaban J connectivity index is 1.74. The second-order valence-corrected chi connectivity index (χ2v) is 5.33. The van der Waals surface area contributed by atoms with Crippen LogP contribution in [-0.4, -0.2) is 36.6 Å². The molecule has 2 heterocycles. The highest BCUT2D eigenvalue weighted by Crippen LogP contribution is 2.32. The molecule has 16 heavy (non-hydrogen) atoms. The summed E-state index contributed by atoms with van der Waals surface area (Å²) in [7, 11) is 2.31. The van der Waals surface area contributed by atoms with E-state index in [-0.39, 0.29) is 0 Å². The van der Waals surface area contributed by atoms with Crippen LogP contribution in [0.2, 0.25) is 0 Å². The van der Waals surface area contributed by atoms with Crippen LogP contribution < -0.4 is 5.32 Å². The molecule has 2 atom stereocenters. The van der Waals surface area contributed by atoms with Crippen LogP contribution in [0.1, 0.15) is 44.9 Å². The van der Waals surface area contributed by atoms with E-state index in [9.17, 15) is 0 Å². The molecule has 2 aliphatic heterocycles. The molecule has 0 aliphatic carbocycles. The number of hydrogen-bond donors (Lipinski definition) is 1. The van der Waals surface area contributed by atoms with Gasteiger partial charge in [0.1, 0.15) is 0 Å². The van der Waals surface area contributed by atoms with E-state index in [0.29, 0.717) is 0 Å². The molecular weight excluding hydrogens is 196 g/mol. The molecule has 2 aliphatic rings. The minimum absolute atomic E-state index is 0.740. The number of fused-ring (bicyclic) bond motifs is 2. The average molecular weight is 220 g/mol. The van der Waals surface area contributed by atoms with Crippen LogP contribution in [0.15, 0.2) is 0 Å². The van der Waals surface area contributed by atoms with Gasteiger partial charge in [0, 0.05) is 24.5 Å². The van der Waals surface area contributed by atoms with Crippen molar-refractivity contribution in [2.75, 3.05) is 13.6 Å². The molecule has 2 unspecified atom stereocenters. The van der Waals surface area contributed by atoms with Crippen molar-refractivity contribution in [2.24, 2.45) is 0 Å². The summed E-state index contributed by atoms with van der Waals surface area (Å²) in [4.78, 5) is 2.61. The Morgan fingerprint density at radius 3 is 2.62 bits per heavy atom. The van der Waals surface area contributed by atoms with E-state index < -0.39 is 0 Å². The third-order valence-electron chi connectivity index (χ3n) is 4.27. The van der Waals surface area contributed by atoms with E-state index in [1.807, 2.05) is 0 Å². The fourth-order valence-electron chi connectivity index (χ4n) is 3.28. The zero-order valence-corrected chi connectivity index (χ0v) is 10.4. The molecule has 0 amide bonds. The first-order valence-electron chi connectivity index (χ1n) is 6.70. The zero-order valence-electron chi connectivity index (χ0n) is 10.4. The van der Waals surface area contributed by atoms with Gasteiger partial charge in [-0.2, -0.15) is 0 Å². The third kappa shape index (κ3) is 2.78. The minimum atomic E-state index is 0.740. The highest BCUT2D eigenvalue weighted by atomic mass is 15.2. The maximum Gasteiger partial charge on any atom is 0.0110 e. The number of rotatable bonds is 4. The van der Waals surface area contributed by atoms with Gasteiger partial charge in [0.05, 0.1) is 0 Å². The van der Waals surface area contributed by atoms with Crippen molar-refractivity contribution in [1.82, 2.24) is 10.2 Å². The van der Waals surface area contributed by atoms with Crippen LogP contribution in [0.5, 0.6) is 0 Å². The van der Waals surface area contributed by atoms with Gasteiger partial charge >= 0.3 is 0 Å². The van der Waals surface area contributed by atoms with Crippen LogP contribution >= 0.6 is 0 Å². The minimum Gasteiger partial charge on any atom is -0.314 e. The van der Waals surface area contributed by atoms with E-state index in [2.05, 4.69) is 23.2 Å². The molecule has 90 valence electrons. The molecule has 0 radical (unpaired) electrons. The first-order chi connectivity index (χ1) is 7.81. The molecule has 2 fully saturated rings. The second-order valence-electron chi connectivity index (χ2n) is 5.33. The topological polar surface area (TPSA) is 15.3 Å². The molecule has 0 aromatic carbocycles. The fraction of sp³-hybridized carbons (Fsp3) is 0.857. The van der Waals surface area contributed by atoms with Crippen LogP contribution in [-0.2, 0) is 0 Å². The highest BCUT2D eigenvalue weighted by molar-refractivity contribution is 4.93. The summed E-state index contributed by atoms with van der Waals surface area (Å²) in [6, 6.07) is 2.40. The Bertz CT molecular complexity index is 242. The smallest absolute Gasteiger partial charge is 0.0110 e. The molecule has 0 aromatic rings. The quantitative estimate of drug-likeness (QED) is 0.576. The molecule has 2 rings (SSSR count). The monoisotopic (exact) mass is 220 g/mol. The summed E-state index contributed by atoms with van der Waals surface area (Å²) in [5.74, 6) is 2.70. The van der Waals surface area contributed by atoms with Crippen molar-refractivity contribution in [1.29, 1.82) is 0 Å². The Hall–Kier alpha value is -0.520. The predicted octanol–water partition coefficient (Wildman–Crippen LogP) is 2.00. The van der Waals surface area contributed by atoms with Gasteiger partial charge in [0.25, 0.3) is 0 Å². The molecule has 0 spiro atoms. The number of nitrogens with zero attached hydrogens (tertiary/aromatic N) is 1. The normalized spacial score (nSPS) is 34.6. The molecule has 2 bridgehead atoms. The van der Waals surface area contributed by atoms with Crippen molar-refractivity contribution in [3.63, 3.8) is 0 Å². The second kappa shape index (κ2) is 5.70. The summed E-state index contributed by atoms with van der Waals surface area (Å²) >= 11 is 0. The van der Waals surface area contributed by atoms with Gasteiger partial charge in [-0.15, -0.1) is 12.3 Å². The van der Waals surface area contributed by atoms with Gasteiger partial charge in [-0.3, -0.25) is 0 Å². The van der Waals surface area contributed by atoms with Gasteiger partial charge < -0.3 is 10.2 Å². The summed E-state index contributed by atoms with van der Waals surface area (Å²) in [6.45, 7) is 1.10. The first kappa shape index (κ1) is 12.0. The van der Waals surface area contributed by atoms with Crippen molar-refractivity contribution in [3.8, 4) is 12.3 Å². The average Bonchev–Trinajstić information content (AvgIpc) is 2.25. The van der Waals surface area contributed by atoms with Crippen LogP contribution in [0.4, 0.5) is 0 Å². The molecular formula is C14H24N2. The third-order valence-corrected chi connectivity index (χ3v) is 4.27. The van der Waals surface area contributed by atoms with Gasteiger partial charge in [-0.25, -0.2) is 0 Å². The van der Waals surface area contributed by atoms with Gasteiger partial charge in [-0.05, 0) is 45.7 Å². The maximum absolute atomic E-state index is 5.26. The summed E-state index contributed by atoms with van der Waals surface area (Å²) in [5.41, 5.74) is 0. The van der Waals surface area contributed by atoms with Crippen molar-refractivity contribution >= 4 is 0 Å². The molecule has 1 N–H and O–H groups in total. The molecule has 2 heteroatoms. The Morgan fingerprint density at radius 2 is 2.00 bits per heavy atom. The standard InChI is InChI=1S/C14H24N2/c1-3-4-5-9-15-12-10-13-7-6-8-14(11-12)16(13)2/h1,12-15H,4-11H2,2H3. The van der Waals surface area contributed by atoms with Crippen molar-refractivity contribution in [3.05, 3.63) is 0 Å². The van der Waals surface area contributed by atoms with E-state index in [4.69, 9.17) is 6.42 Å². The van der Waals surface area contributed by atoms with E-state index in [1.54, 1.807) is 0 Å². The predicted molar refractivity (Wildman–Crippen MR) is 68.3 cm³/mol. The summed E-state index contributed by atoms with van der Waals surface area (Å²) < 4.78 is 0. The van der Waals surface area contributed by atoms with E-state index >= 15 is 0 Å². The molecule has 0 aromatic heterocycles. The Morgan fingerprint density at radius 1 is 1.31 bits per heavy atom. The van der Waals surface area contributed by atoms with Crippen molar-refractivity contribution in [2.45, 2.75) is 63.1 Å². The van der Waals surface area contributed by atoms with Crippen molar-refractivity contribution < 1.29 is 0 Å². The lowest BCUT2D eigenvalue weighted by atomic mass is 9.82. The number of nitrogens with one attached hydrogen (secondary N) is 1. The SMILES string of the molecule is C#CCCCNC1CC2CCCC(C1)N2C. The summed E-state index contributed by atoms with van der Waals surface area (Å²) in [5, 5.41) is 3.68. The first-order valence-corrected chi connectivity index (χ1v) is 6.70. The number of terminal acetylenes is 1.